The molecule has 2 aromatic rings. The van der Waals surface area contributed by atoms with Crippen LogP contribution < -0.4 is 4.90 Å². The Kier molecular flexibility index (Phi) is 3.87. The Morgan fingerprint density at radius 2 is 1.90 bits per heavy atom. The molecule has 1 aliphatic heterocycles. The highest BCUT2D eigenvalue weighted by molar-refractivity contribution is 5.37. The summed E-state index contributed by atoms with van der Waals surface area (Å²) >= 11 is 0. The van der Waals surface area contributed by atoms with E-state index in [9.17, 15) is 0 Å². The van der Waals surface area contributed by atoms with Crippen molar-refractivity contribution in [1.29, 1.82) is 0 Å². The third-order valence-electron chi connectivity index (χ3n) is 3.59. The molecule has 0 radical (unpaired) electrons. The highest BCUT2D eigenvalue weighted by atomic mass is 15.3. The number of rotatable bonds is 4. The minimum absolute atomic E-state index is 0.893. The van der Waals surface area contributed by atoms with Gasteiger partial charge in [0.15, 0.2) is 5.82 Å². The monoisotopic (exact) mass is 273 g/mol. The first-order valence-electron chi connectivity index (χ1n) is 6.91. The summed E-state index contributed by atoms with van der Waals surface area (Å²) in [7, 11) is 0. The molecule has 3 heterocycles. The van der Waals surface area contributed by atoms with Gasteiger partial charge in [-0.25, -0.2) is 4.98 Å². The zero-order valence-electron chi connectivity index (χ0n) is 11.7. The minimum atomic E-state index is 0.893. The molecule has 1 fully saturated rings. The fourth-order valence-corrected chi connectivity index (χ4v) is 2.35. The van der Waals surface area contributed by atoms with Gasteiger partial charge in [0.2, 0.25) is 0 Å². The molecule has 0 saturated carbocycles. The van der Waals surface area contributed by atoms with E-state index < -0.39 is 0 Å². The summed E-state index contributed by atoms with van der Waals surface area (Å²) in [4.78, 5) is 8.69. The van der Waals surface area contributed by atoms with Gasteiger partial charge >= 0.3 is 0 Å². The maximum Gasteiger partial charge on any atom is 0.151 e. The van der Waals surface area contributed by atoms with Crippen molar-refractivity contribution in [1.82, 2.24) is 29.9 Å². The van der Waals surface area contributed by atoms with E-state index in [4.69, 9.17) is 0 Å². The van der Waals surface area contributed by atoms with Gasteiger partial charge in [0, 0.05) is 32.7 Å². The molecule has 20 heavy (non-hydrogen) atoms. The van der Waals surface area contributed by atoms with Crippen LogP contribution in [0, 0.1) is 6.92 Å². The number of aromatic nitrogens is 5. The van der Waals surface area contributed by atoms with Crippen LogP contribution in [-0.4, -0.2) is 62.6 Å². The van der Waals surface area contributed by atoms with Crippen molar-refractivity contribution in [3.05, 3.63) is 30.5 Å². The van der Waals surface area contributed by atoms with Gasteiger partial charge in [-0.05, 0) is 19.1 Å². The number of hydrogen-bond donors (Lipinski definition) is 0. The van der Waals surface area contributed by atoms with Crippen LogP contribution in [0.15, 0.2) is 24.8 Å². The maximum absolute atomic E-state index is 4.25. The van der Waals surface area contributed by atoms with Gasteiger partial charge in [-0.1, -0.05) is 0 Å². The quantitative estimate of drug-likeness (QED) is 0.793. The Morgan fingerprint density at radius 3 is 2.55 bits per heavy atom. The lowest BCUT2D eigenvalue weighted by Crippen LogP contribution is -2.47. The Hall–Kier alpha value is -2.02. The zero-order valence-corrected chi connectivity index (χ0v) is 11.7. The average molecular weight is 273 g/mol. The van der Waals surface area contributed by atoms with Gasteiger partial charge in [0.25, 0.3) is 0 Å². The summed E-state index contributed by atoms with van der Waals surface area (Å²) in [5.41, 5.74) is 0.959. The third kappa shape index (κ3) is 3.11. The molecule has 0 unspecified atom stereocenters. The molecule has 0 aromatic carbocycles. The largest absolute Gasteiger partial charge is 0.353 e. The van der Waals surface area contributed by atoms with Crippen molar-refractivity contribution in [3.63, 3.8) is 0 Å². The molecule has 0 bridgehead atoms. The smallest absolute Gasteiger partial charge is 0.151 e. The fourth-order valence-electron chi connectivity index (χ4n) is 2.35. The third-order valence-corrected chi connectivity index (χ3v) is 3.59. The summed E-state index contributed by atoms with van der Waals surface area (Å²) in [6.07, 6.45) is 3.34. The van der Waals surface area contributed by atoms with E-state index >= 15 is 0 Å². The molecule has 3 rings (SSSR count). The predicted octanol–water partition coefficient (Wildman–Crippen LogP) is 0.199. The second kappa shape index (κ2) is 5.96. The number of anilines is 1. The summed E-state index contributed by atoms with van der Waals surface area (Å²) in [6, 6.07) is 4.06. The van der Waals surface area contributed by atoms with Crippen LogP contribution >= 0.6 is 0 Å². The van der Waals surface area contributed by atoms with Crippen LogP contribution in [0.25, 0.3) is 0 Å². The molecule has 1 saturated heterocycles. The molecule has 7 nitrogen and oxygen atoms in total. The summed E-state index contributed by atoms with van der Waals surface area (Å²) in [6.45, 7) is 7.94. The SMILES string of the molecule is Cc1ccc(N2CCN(CCn3cncn3)CC2)nn1. The van der Waals surface area contributed by atoms with E-state index in [1.54, 1.807) is 12.7 Å². The first-order valence-corrected chi connectivity index (χ1v) is 6.91. The fraction of sp³-hybridized carbons (Fsp3) is 0.538. The van der Waals surface area contributed by atoms with Gasteiger partial charge in [0.1, 0.15) is 12.7 Å². The second-order valence-corrected chi connectivity index (χ2v) is 5.02. The Balaban J connectivity index is 1.48. The Labute approximate surface area is 118 Å². The lowest BCUT2D eigenvalue weighted by atomic mass is 10.3. The average Bonchev–Trinajstić information content (AvgIpc) is 3.00. The molecule has 2 aromatic heterocycles. The van der Waals surface area contributed by atoms with Gasteiger partial charge in [-0.15, -0.1) is 5.10 Å². The zero-order chi connectivity index (χ0) is 13.8. The lowest BCUT2D eigenvalue weighted by molar-refractivity contribution is 0.244. The van der Waals surface area contributed by atoms with Crippen molar-refractivity contribution in [2.24, 2.45) is 0 Å². The molecule has 7 heteroatoms. The van der Waals surface area contributed by atoms with E-state index in [2.05, 4.69) is 30.1 Å². The first-order chi connectivity index (χ1) is 9.81. The molecule has 0 N–H and O–H groups in total. The van der Waals surface area contributed by atoms with E-state index in [0.717, 1.165) is 50.8 Å². The number of piperazine rings is 1. The summed E-state index contributed by atoms with van der Waals surface area (Å²) < 4.78 is 1.87. The number of aryl methyl sites for hydroxylation is 1. The van der Waals surface area contributed by atoms with E-state index in [-0.39, 0.29) is 0 Å². The van der Waals surface area contributed by atoms with Crippen LogP contribution in [-0.2, 0) is 6.54 Å². The Bertz CT molecular complexity index is 514. The van der Waals surface area contributed by atoms with E-state index in [0.29, 0.717) is 0 Å². The molecule has 1 aliphatic rings. The lowest BCUT2D eigenvalue weighted by Gasteiger charge is -2.35. The van der Waals surface area contributed by atoms with Crippen molar-refractivity contribution in [2.75, 3.05) is 37.6 Å². The van der Waals surface area contributed by atoms with Gasteiger partial charge in [-0.3, -0.25) is 9.58 Å². The highest BCUT2D eigenvalue weighted by Crippen LogP contribution is 2.12. The molecule has 0 aliphatic carbocycles. The second-order valence-electron chi connectivity index (χ2n) is 5.02. The Morgan fingerprint density at radius 1 is 1.05 bits per heavy atom. The molecular formula is C13H19N7. The van der Waals surface area contributed by atoms with E-state index in [1.165, 1.54) is 0 Å². The van der Waals surface area contributed by atoms with Crippen molar-refractivity contribution in [2.45, 2.75) is 13.5 Å². The number of hydrogen-bond acceptors (Lipinski definition) is 6. The van der Waals surface area contributed by atoms with Crippen LogP contribution in [0.4, 0.5) is 5.82 Å². The van der Waals surface area contributed by atoms with Crippen LogP contribution in [0.3, 0.4) is 0 Å². The highest BCUT2D eigenvalue weighted by Gasteiger charge is 2.17. The molecule has 0 amide bonds. The van der Waals surface area contributed by atoms with Gasteiger partial charge < -0.3 is 4.90 Å². The van der Waals surface area contributed by atoms with Crippen molar-refractivity contribution < 1.29 is 0 Å². The molecule has 0 spiro atoms. The van der Waals surface area contributed by atoms with Crippen LogP contribution in [0.2, 0.25) is 0 Å². The van der Waals surface area contributed by atoms with Crippen molar-refractivity contribution in [3.8, 4) is 0 Å². The summed E-state index contributed by atoms with van der Waals surface area (Å²) in [5.74, 6) is 0.978. The standard InChI is InChI=1S/C13H19N7/c1-12-2-3-13(17-16-12)19-7-4-18(5-8-19)6-9-20-11-14-10-15-20/h2-3,10-11H,4-9H2,1H3. The normalized spacial score (nSPS) is 16.6. The maximum atomic E-state index is 4.25. The van der Waals surface area contributed by atoms with Crippen LogP contribution in [0.1, 0.15) is 5.69 Å². The number of nitrogens with zero attached hydrogens (tertiary/aromatic N) is 7. The van der Waals surface area contributed by atoms with Crippen LogP contribution in [0.5, 0.6) is 0 Å². The van der Waals surface area contributed by atoms with Crippen molar-refractivity contribution >= 4 is 5.82 Å². The van der Waals surface area contributed by atoms with Gasteiger partial charge in [-0.2, -0.15) is 10.2 Å². The van der Waals surface area contributed by atoms with Gasteiger partial charge in [0.05, 0.1) is 12.2 Å². The summed E-state index contributed by atoms with van der Waals surface area (Å²) in [5, 5.41) is 12.5. The first kappa shape index (κ1) is 13.0. The molecule has 0 atom stereocenters. The predicted molar refractivity (Wildman–Crippen MR) is 75.4 cm³/mol. The van der Waals surface area contributed by atoms with E-state index in [1.807, 2.05) is 23.7 Å². The topological polar surface area (TPSA) is 63.0 Å². The molecule has 106 valence electrons. The molecular weight excluding hydrogens is 254 g/mol. The minimum Gasteiger partial charge on any atom is -0.353 e.